The zero-order chi connectivity index (χ0) is 9.80. The standard InChI is InChI=1S/C10H15N3S/c1-8-10(14-13-12-8)7-11-9-5-3-2-4-6-9/h3,5,9,11H,2,4,6-7H2,1H3. The second-order valence-corrected chi connectivity index (χ2v) is 4.47. The van der Waals surface area contributed by atoms with E-state index in [1.165, 1.54) is 35.7 Å². The third-order valence-electron chi connectivity index (χ3n) is 2.52. The molecule has 0 saturated heterocycles. The fourth-order valence-corrected chi connectivity index (χ4v) is 2.20. The van der Waals surface area contributed by atoms with Crippen LogP contribution in [0.2, 0.25) is 0 Å². The number of aryl methyl sites for hydroxylation is 1. The Morgan fingerprint density at radius 3 is 3.21 bits per heavy atom. The van der Waals surface area contributed by atoms with Crippen molar-refractivity contribution in [2.24, 2.45) is 0 Å². The summed E-state index contributed by atoms with van der Waals surface area (Å²) >= 11 is 1.49. The molecule has 1 aromatic heterocycles. The minimum atomic E-state index is 0.547. The van der Waals surface area contributed by atoms with Gasteiger partial charge in [0.05, 0.1) is 10.6 Å². The molecule has 0 aliphatic heterocycles. The van der Waals surface area contributed by atoms with Crippen LogP contribution >= 0.6 is 11.5 Å². The maximum atomic E-state index is 3.99. The predicted octanol–water partition coefficient (Wildman–Crippen LogP) is 2.04. The molecule has 1 aliphatic carbocycles. The van der Waals surface area contributed by atoms with Crippen molar-refractivity contribution in [3.05, 3.63) is 22.7 Å². The number of hydrogen-bond acceptors (Lipinski definition) is 4. The predicted molar refractivity (Wildman–Crippen MR) is 58.3 cm³/mol. The molecule has 2 rings (SSSR count). The number of allylic oxidation sites excluding steroid dienone is 1. The summed E-state index contributed by atoms with van der Waals surface area (Å²) in [5.41, 5.74) is 1.06. The van der Waals surface area contributed by atoms with Gasteiger partial charge in [0.25, 0.3) is 0 Å². The van der Waals surface area contributed by atoms with Gasteiger partial charge in [-0.05, 0) is 37.7 Å². The van der Waals surface area contributed by atoms with Crippen LogP contribution in [-0.4, -0.2) is 15.6 Å². The maximum absolute atomic E-state index is 3.99. The number of rotatable bonds is 3. The van der Waals surface area contributed by atoms with Gasteiger partial charge < -0.3 is 5.32 Å². The Morgan fingerprint density at radius 1 is 1.64 bits per heavy atom. The Labute approximate surface area is 88.4 Å². The lowest BCUT2D eigenvalue weighted by Gasteiger charge is -2.17. The molecule has 1 N–H and O–H groups in total. The SMILES string of the molecule is Cc1nnsc1CNC1C=CCCC1. The van der Waals surface area contributed by atoms with Crippen LogP contribution in [0, 0.1) is 6.92 Å². The van der Waals surface area contributed by atoms with Gasteiger partial charge >= 0.3 is 0 Å². The zero-order valence-electron chi connectivity index (χ0n) is 8.36. The van der Waals surface area contributed by atoms with Crippen LogP contribution in [0.15, 0.2) is 12.2 Å². The van der Waals surface area contributed by atoms with Crippen molar-refractivity contribution in [2.45, 2.75) is 38.8 Å². The van der Waals surface area contributed by atoms with Crippen LogP contribution in [-0.2, 0) is 6.54 Å². The fraction of sp³-hybridized carbons (Fsp3) is 0.600. The number of nitrogens with zero attached hydrogens (tertiary/aromatic N) is 2. The third-order valence-corrected chi connectivity index (χ3v) is 3.35. The molecule has 0 saturated carbocycles. The van der Waals surface area contributed by atoms with E-state index in [-0.39, 0.29) is 0 Å². The van der Waals surface area contributed by atoms with Crippen LogP contribution in [0.25, 0.3) is 0 Å². The number of nitrogens with one attached hydrogen (secondary N) is 1. The summed E-state index contributed by atoms with van der Waals surface area (Å²) in [6.45, 7) is 2.91. The van der Waals surface area contributed by atoms with Gasteiger partial charge in [0, 0.05) is 12.6 Å². The van der Waals surface area contributed by atoms with Crippen molar-refractivity contribution in [3.8, 4) is 0 Å². The highest BCUT2D eigenvalue weighted by atomic mass is 32.1. The van der Waals surface area contributed by atoms with Gasteiger partial charge in [0.2, 0.25) is 0 Å². The van der Waals surface area contributed by atoms with Crippen LogP contribution in [0.5, 0.6) is 0 Å². The molecule has 0 bridgehead atoms. The molecule has 1 aliphatic rings. The van der Waals surface area contributed by atoms with Gasteiger partial charge in [-0.3, -0.25) is 0 Å². The summed E-state index contributed by atoms with van der Waals surface area (Å²) < 4.78 is 3.92. The van der Waals surface area contributed by atoms with Gasteiger partial charge in [-0.15, -0.1) is 5.10 Å². The lowest BCUT2D eigenvalue weighted by atomic mass is 10.0. The van der Waals surface area contributed by atoms with E-state index in [1.54, 1.807) is 0 Å². The van der Waals surface area contributed by atoms with Crippen LogP contribution in [0.1, 0.15) is 29.8 Å². The number of hydrogen-bond donors (Lipinski definition) is 1. The summed E-state index contributed by atoms with van der Waals surface area (Å²) in [7, 11) is 0. The van der Waals surface area contributed by atoms with E-state index < -0.39 is 0 Å². The molecule has 14 heavy (non-hydrogen) atoms. The smallest absolute Gasteiger partial charge is 0.0769 e. The molecule has 0 spiro atoms. The summed E-state index contributed by atoms with van der Waals surface area (Å²) in [5, 5.41) is 7.50. The second-order valence-electron chi connectivity index (χ2n) is 3.63. The van der Waals surface area contributed by atoms with Crippen LogP contribution < -0.4 is 5.32 Å². The average Bonchev–Trinajstić information content (AvgIpc) is 2.63. The average molecular weight is 209 g/mol. The molecule has 1 aromatic rings. The van der Waals surface area contributed by atoms with Crippen molar-refractivity contribution in [1.29, 1.82) is 0 Å². The molecule has 0 amide bonds. The lowest BCUT2D eigenvalue weighted by molar-refractivity contribution is 0.524. The highest BCUT2D eigenvalue weighted by Gasteiger charge is 2.09. The highest BCUT2D eigenvalue weighted by Crippen LogP contribution is 2.13. The maximum Gasteiger partial charge on any atom is 0.0769 e. The van der Waals surface area contributed by atoms with Crippen molar-refractivity contribution in [3.63, 3.8) is 0 Å². The normalized spacial score (nSPS) is 21.4. The fourth-order valence-electron chi connectivity index (χ4n) is 1.62. The quantitative estimate of drug-likeness (QED) is 0.774. The Balaban J connectivity index is 1.85. The first-order chi connectivity index (χ1) is 6.86. The first-order valence-electron chi connectivity index (χ1n) is 5.04. The Morgan fingerprint density at radius 2 is 2.57 bits per heavy atom. The first kappa shape index (κ1) is 9.80. The molecule has 4 heteroatoms. The van der Waals surface area contributed by atoms with Crippen molar-refractivity contribution < 1.29 is 0 Å². The molecule has 0 aromatic carbocycles. The van der Waals surface area contributed by atoms with Crippen molar-refractivity contribution in [2.75, 3.05) is 0 Å². The number of aromatic nitrogens is 2. The van der Waals surface area contributed by atoms with Crippen molar-refractivity contribution in [1.82, 2.24) is 14.9 Å². The largest absolute Gasteiger partial charge is 0.306 e. The van der Waals surface area contributed by atoms with Gasteiger partial charge in [-0.25, -0.2) is 0 Å². The molecular weight excluding hydrogens is 194 g/mol. The van der Waals surface area contributed by atoms with E-state index >= 15 is 0 Å². The van der Waals surface area contributed by atoms with E-state index in [9.17, 15) is 0 Å². The van der Waals surface area contributed by atoms with Crippen LogP contribution in [0.4, 0.5) is 0 Å². The van der Waals surface area contributed by atoms with Crippen LogP contribution in [0.3, 0.4) is 0 Å². The minimum absolute atomic E-state index is 0.547. The van der Waals surface area contributed by atoms with Crippen molar-refractivity contribution >= 4 is 11.5 Å². The highest BCUT2D eigenvalue weighted by molar-refractivity contribution is 7.05. The zero-order valence-corrected chi connectivity index (χ0v) is 9.18. The van der Waals surface area contributed by atoms with E-state index in [0.29, 0.717) is 6.04 Å². The molecule has 1 atom stereocenters. The lowest BCUT2D eigenvalue weighted by Crippen LogP contribution is -2.27. The minimum Gasteiger partial charge on any atom is -0.306 e. The van der Waals surface area contributed by atoms with E-state index in [2.05, 4.69) is 27.1 Å². The van der Waals surface area contributed by atoms with Gasteiger partial charge in [-0.1, -0.05) is 16.6 Å². The monoisotopic (exact) mass is 209 g/mol. The molecule has 1 unspecified atom stereocenters. The van der Waals surface area contributed by atoms with E-state index in [1.807, 2.05) is 6.92 Å². The summed E-state index contributed by atoms with van der Waals surface area (Å²) in [5.74, 6) is 0. The summed E-state index contributed by atoms with van der Waals surface area (Å²) in [6.07, 6.45) is 8.32. The van der Waals surface area contributed by atoms with Gasteiger partial charge in [0.1, 0.15) is 0 Å². The second kappa shape index (κ2) is 4.66. The molecule has 3 nitrogen and oxygen atoms in total. The van der Waals surface area contributed by atoms with E-state index in [4.69, 9.17) is 0 Å². The Kier molecular flexibility index (Phi) is 3.26. The molecule has 1 heterocycles. The first-order valence-corrected chi connectivity index (χ1v) is 5.81. The summed E-state index contributed by atoms with van der Waals surface area (Å²) in [4.78, 5) is 1.25. The molecule has 0 radical (unpaired) electrons. The third kappa shape index (κ3) is 2.39. The topological polar surface area (TPSA) is 37.8 Å². The molecular formula is C10H15N3S. The van der Waals surface area contributed by atoms with Gasteiger partial charge in [0.15, 0.2) is 0 Å². The van der Waals surface area contributed by atoms with E-state index in [0.717, 1.165) is 12.2 Å². The Bertz CT molecular complexity index is 319. The molecule has 0 fully saturated rings. The molecule has 76 valence electrons. The van der Waals surface area contributed by atoms with Gasteiger partial charge in [-0.2, -0.15) is 0 Å². The Hall–Kier alpha value is -0.740. The summed E-state index contributed by atoms with van der Waals surface area (Å²) in [6, 6.07) is 0.547.